The van der Waals surface area contributed by atoms with Gasteiger partial charge in [0.25, 0.3) is 11.8 Å². The first-order valence-electron chi connectivity index (χ1n) is 24.1. The summed E-state index contributed by atoms with van der Waals surface area (Å²) in [6.45, 7) is 13.1. The van der Waals surface area contributed by atoms with Crippen LogP contribution in [-0.2, 0) is 32.3 Å². The second kappa shape index (κ2) is 28.2. The number of benzene rings is 6. The Hall–Kier alpha value is -8.41. The molecule has 1 atom stereocenters. The average Bonchev–Trinajstić information content (AvgIpc) is 3.38. The number of amides is 4. The van der Waals surface area contributed by atoms with Gasteiger partial charge in [-0.25, -0.2) is 0 Å². The van der Waals surface area contributed by atoms with Gasteiger partial charge in [-0.2, -0.15) is 0 Å². The van der Waals surface area contributed by atoms with Gasteiger partial charge in [0.1, 0.15) is 48.7 Å². The Balaban J connectivity index is 0.000000233. The van der Waals surface area contributed by atoms with Crippen molar-refractivity contribution in [1.29, 1.82) is 0 Å². The first-order chi connectivity index (χ1) is 36.0. The van der Waals surface area contributed by atoms with Crippen LogP contribution in [0.25, 0.3) is 0 Å². The number of para-hydroxylation sites is 2. The average molecular weight is 1030 g/mol. The lowest BCUT2D eigenvalue weighted by Gasteiger charge is -2.38. The summed E-state index contributed by atoms with van der Waals surface area (Å²) in [5, 5.41) is 11.8. The van der Waals surface area contributed by atoms with E-state index in [1.807, 2.05) is 94.4 Å². The molecule has 0 spiro atoms. The summed E-state index contributed by atoms with van der Waals surface area (Å²) in [5.74, 6) is 2.43. The Morgan fingerprint density at radius 2 is 1.19 bits per heavy atom. The molecular weight excluding hydrogens is 957 g/mol. The van der Waals surface area contributed by atoms with Gasteiger partial charge in [0, 0.05) is 80.6 Å². The SMILES string of the molecule is COCCN1C(=O)c2ccccc2NC1c1ccc(OC)c(COc2c(C)cc(NC(C)=O)cc2C)c1.COCCNC(=O)c1ccccc1N.COc1ccc(C=O)cc1COc1c(C)cc(NC(C)=O)cc1C. The molecule has 1 heterocycles. The molecule has 0 fully saturated rings. The first kappa shape index (κ1) is 57.5. The van der Waals surface area contributed by atoms with Gasteiger partial charge in [-0.1, -0.05) is 30.3 Å². The first-order valence-corrected chi connectivity index (χ1v) is 24.1. The monoisotopic (exact) mass is 1020 g/mol. The van der Waals surface area contributed by atoms with Crippen LogP contribution >= 0.6 is 0 Å². The Kier molecular flexibility index (Phi) is 21.6. The van der Waals surface area contributed by atoms with Crippen LogP contribution in [0, 0.1) is 27.7 Å². The van der Waals surface area contributed by atoms with E-state index in [1.165, 1.54) is 13.8 Å². The topological polar surface area (TPSA) is 218 Å². The maximum Gasteiger partial charge on any atom is 0.257 e. The lowest BCUT2D eigenvalue weighted by Crippen LogP contribution is -2.44. The molecule has 6 aromatic rings. The van der Waals surface area contributed by atoms with Crippen LogP contribution in [-0.4, -0.2) is 89.6 Å². The van der Waals surface area contributed by atoms with Crippen LogP contribution in [0.3, 0.4) is 0 Å². The molecule has 396 valence electrons. The summed E-state index contributed by atoms with van der Waals surface area (Å²) in [5.41, 5.74) is 16.3. The zero-order chi connectivity index (χ0) is 54.6. The third kappa shape index (κ3) is 16.0. The predicted octanol–water partition coefficient (Wildman–Crippen LogP) is 9.37. The van der Waals surface area contributed by atoms with Crippen molar-refractivity contribution in [1.82, 2.24) is 10.2 Å². The smallest absolute Gasteiger partial charge is 0.257 e. The third-order valence-electron chi connectivity index (χ3n) is 11.7. The number of hydrogen-bond acceptors (Lipinski definition) is 13. The normalized spacial score (nSPS) is 12.3. The van der Waals surface area contributed by atoms with Crippen molar-refractivity contribution in [3.8, 4) is 23.0 Å². The van der Waals surface area contributed by atoms with Gasteiger partial charge in [-0.15, -0.1) is 0 Å². The molecule has 1 unspecified atom stereocenters. The molecule has 0 radical (unpaired) electrons. The van der Waals surface area contributed by atoms with Gasteiger partial charge in [-0.3, -0.25) is 24.0 Å². The van der Waals surface area contributed by atoms with Crippen molar-refractivity contribution in [3.05, 3.63) is 165 Å². The van der Waals surface area contributed by atoms with E-state index >= 15 is 0 Å². The molecule has 1 aliphatic heterocycles. The molecule has 1 aliphatic rings. The molecule has 0 saturated heterocycles. The zero-order valence-electron chi connectivity index (χ0n) is 44.3. The number of anilines is 4. The standard InChI is InChI=1S/C29H33N3O5.C19H21NO4.C10H14N2O2/c1-18-14-23(30-20(3)33)15-19(2)27(18)37-17-22-16-21(10-11-26(22)36-5)28-31-25-9-7-6-8-24(25)29(34)32(28)12-13-35-4;1-12-7-17(20-14(3)22)8-13(2)19(12)24-11-16-9-15(10-21)5-6-18(16)23-4;1-14-7-6-12-10(13)8-4-2-3-5-9(8)11/h6-11,14-16,28,31H,12-13,17H2,1-5H3,(H,30,33);5-10H,11H2,1-4H3,(H,20,22);2-5H,6-7,11H2,1H3,(H,12,13). The molecule has 0 aromatic heterocycles. The number of aldehydes is 1. The Morgan fingerprint density at radius 3 is 1.71 bits per heavy atom. The molecule has 0 saturated carbocycles. The van der Waals surface area contributed by atoms with Crippen LogP contribution in [0.4, 0.5) is 22.7 Å². The van der Waals surface area contributed by atoms with E-state index in [1.54, 1.807) is 75.8 Å². The van der Waals surface area contributed by atoms with E-state index in [2.05, 4.69) is 21.3 Å². The predicted molar refractivity (Wildman–Crippen MR) is 291 cm³/mol. The van der Waals surface area contributed by atoms with Crippen molar-refractivity contribution in [2.24, 2.45) is 0 Å². The summed E-state index contributed by atoms with van der Waals surface area (Å²) >= 11 is 0. The van der Waals surface area contributed by atoms with Gasteiger partial charge in [0.15, 0.2) is 0 Å². The quantitative estimate of drug-likeness (QED) is 0.0291. The Morgan fingerprint density at radius 1 is 0.667 bits per heavy atom. The van der Waals surface area contributed by atoms with Crippen LogP contribution in [0.5, 0.6) is 23.0 Å². The second-order valence-corrected chi connectivity index (χ2v) is 17.5. The van der Waals surface area contributed by atoms with Crippen molar-refractivity contribution in [3.63, 3.8) is 0 Å². The van der Waals surface area contributed by atoms with Crippen molar-refractivity contribution in [2.75, 3.05) is 76.4 Å². The van der Waals surface area contributed by atoms with Gasteiger partial charge in [0.2, 0.25) is 11.8 Å². The van der Waals surface area contributed by atoms with E-state index in [4.69, 9.17) is 34.2 Å². The molecular formula is C58H68N6O11. The maximum absolute atomic E-state index is 13.3. The zero-order valence-corrected chi connectivity index (χ0v) is 44.3. The largest absolute Gasteiger partial charge is 0.496 e. The lowest BCUT2D eigenvalue weighted by atomic mass is 10.0. The highest BCUT2D eigenvalue weighted by Crippen LogP contribution is 2.36. The fourth-order valence-electron chi connectivity index (χ4n) is 8.31. The number of hydrogen-bond donors (Lipinski definition) is 5. The highest BCUT2D eigenvalue weighted by molar-refractivity contribution is 6.02. The van der Waals surface area contributed by atoms with Gasteiger partial charge >= 0.3 is 0 Å². The minimum Gasteiger partial charge on any atom is -0.496 e. The van der Waals surface area contributed by atoms with Crippen molar-refractivity contribution in [2.45, 2.75) is 60.9 Å². The number of carbonyl (C=O) groups excluding carboxylic acids is 5. The molecule has 17 heteroatoms. The molecule has 75 heavy (non-hydrogen) atoms. The number of rotatable bonds is 19. The molecule has 6 aromatic carbocycles. The highest BCUT2D eigenvalue weighted by Gasteiger charge is 2.33. The van der Waals surface area contributed by atoms with Gasteiger partial charge in [0.05, 0.1) is 38.6 Å². The molecule has 17 nitrogen and oxygen atoms in total. The Bertz CT molecular complexity index is 2910. The van der Waals surface area contributed by atoms with Gasteiger partial charge < -0.3 is 60.3 Å². The maximum atomic E-state index is 13.3. The molecule has 4 amide bonds. The molecule has 7 rings (SSSR count). The summed E-state index contributed by atoms with van der Waals surface area (Å²) in [6.07, 6.45) is 0.421. The third-order valence-corrected chi connectivity index (χ3v) is 11.7. The number of fused-ring (bicyclic) bond motifs is 1. The Labute approximate surface area is 439 Å². The van der Waals surface area contributed by atoms with Crippen LogP contribution < -0.4 is 45.9 Å². The minimum absolute atomic E-state index is 0.0458. The number of ether oxygens (including phenoxy) is 6. The van der Waals surface area contributed by atoms with E-state index in [-0.39, 0.29) is 43.0 Å². The number of carbonyl (C=O) groups is 5. The van der Waals surface area contributed by atoms with Crippen LogP contribution in [0.1, 0.15) is 90.0 Å². The number of nitrogen functional groups attached to an aromatic ring is 1. The number of nitrogens with one attached hydrogen (secondary N) is 4. The molecule has 6 N–H and O–H groups in total. The second-order valence-electron chi connectivity index (χ2n) is 17.5. The number of methoxy groups -OCH3 is 4. The van der Waals surface area contributed by atoms with Gasteiger partial charge in [-0.05, 0) is 134 Å². The van der Waals surface area contributed by atoms with E-state index in [0.29, 0.717) is 60.2 Å². The number of nitrogens with zero attached hydrogens (tertiary/aromatic N) is 1. The van der Waals surface area contributed by atoms with Crippen LogP contribution in [0.15, 0.2) is 109 Å². The highest BCUT2D eigenvalue weighted by atomic mass is 16.5. The van der Waals surface area contributed by atoms with E-state index in [9.17, 15) is 24.0 Å². The van der Waals surface area contributed by atoms with E-state index in [0.717, 1.165) is 73.8 Å². The summed E-state index contributed by atoms with van der Waals surface area (Å²) < 4.78 is 33.2. The fourth-order valence-corrected chi connectivity index (χ4v) is 8.31. The number of aryl methyl sites for hydroxylation is 4. The summed E-state index contributed by atoms with van der Waals surface area (Å²) in [7, 11) is 6.42. The minimum atomic E-state index is -0.373. The summed E-state index contributed by atoms with van der Waals surface area (Å²) in [6, 6.07) is 33.1. The molecule has 0 bridgehead atoms. The van der Waals surface area contributed by atoms with Crippen molar-refractivity contribution < 1.29 is 52.4 Å². The van der Waals surface area contributed by atoms with E-state index < -0.39 is 0 Å². The lowest BCUT2D eigenvalue weighted by molar-refractivity contribution is -0.115. The number of nitrogens with two attached hydrogens (primary N) is 1. The fraction of sp³-hybridized carbons (Fsp3) is 0.293. The molecule has 0 aliphatic carbocycles. The van der Waals surface area contributed by atoms with Crippen LogP contribution in [0.2, 0.25) is 0 Å². The van der Waals surface area contributed by atoms with Crippen molar-refractivity contribution >= 4 is 52.7 Å². The summed E-state index contributed by atoms with van der Waals surface area (Å²) in [4.78, 5) is 60.2.